The maximum absolute atomic E-state index is 14.3. The van der Waals surface area contributed by atoms with Gasteiger partial charge in [-0.25, -0.2) is 4.79 Å². The average Bonchev–Trinajstić information content (AvgIpc) is 3.63. The molecule has 14 heteroatoms. The Labute approximate surface area is 266 Å². The number of benzene rings is 1. The largest absolute Gasteiger partial charge is 0.455 e. The third-order valence-corrected chi connectivity index (χ3v) is 13.6. The van der Waals surface area contributed by atoms with Gasteiger partial charge in [-0.3, -0.25) is 25.1 Å². The van der Waals surface area contributed by atoms with Crippen LogP contribution in [0.2, 0.25) is 0 Å². The Morgan fingerprint density at radius 1 is 1.07 bits per heavy atom. The number of rotatable bonds is 8. The van der Waals surface area contributed by atoms with Crippen molar-refractivity contribution in [1.82, 2.24) is 4.90 Å². The van der Waals surface area contributed by atoms with Crippen molar-refractivity contribution in [3.8, 4) is 0 Å². The normalized spacial score (nSPS) is 47.8. The van der Waals surface area contributed by atoms with Crippen molar-refractivity contribution in [3.05, 3.63) is 44.0 Å². The molecule has 7 fully saturated rings. The molecule has 7 aliphatic rings. The number of likely N-dealkylation sites (tertiary alicyclic amines) is 1. The summed E-state index contributed by atoms with van der Waals surface area (Å²) in [5.74, 6) is -0.895. The molecular formula is C32H41N3O11. The van der Waals surface area contributed by atoms with Crippen molar-refractivity contribution in [1.29, 1.82) is 0 Å². The molecule has 0 unspecified atom stereocenters. The number of carbonyl (C=O) groups excluding carboxylic acids is 1. The highest BCUT2D eigenvalue weighted by Crippen LogP contribution is 2.82. The van der Waals surface area contributed by atoms with E-state index in [1.54, 1.807) is 21.3 Å². The summed E-state index contributed by atoms with van der Waals surface area (Å²) in [5.41, 5.74) is -4.22. The second kappa shape index (κ2) is 9.89. The first-order valence-electron chi connectivity index (χ1n) is 16.2. The van der Waals surface area contributed by atoms with Crippen LogP contribution in [0, 0.1) is 54.7 Å². The van der Waals surface area contributed by atoms with Gasteiger partial charge in [-0.2, -0.15) is 0 Å². The lowest BCUT2D eigenvalue weighted by Crippen LogP contribution is -2.81. The van der Waals surface area contributed by atoms with Crippen LogP contribution in [0.4, 0.5) is 11.4 Å². The fourth-order valence-corrected chi connectivity index (χ4v) is 12.7. The van der Waals surface area contributed by atoms with Crippen LogP contribution in [0.5, 0.6) is 0 Å². The first kappa shape index (κ1) is 30.6. The molecule has 14 nitrogen and oxygen atoms in total. The van der Waals surface area contributed by atoms with Crippen molar-refractivity contribution >= 4 is 17.3 Å². The van der Waals surface area contributed by atoms with Crippen LogP contribution in [0.25, 0.3) is 0 Å². The fraction of sp³-hybridized carbons (Fsp3) is 0.781. The molecule has 8 rings (SSSR count). The van der Waals surface area contributed by atoms with Crippen LogP contribution in [-0.2, 0) is 28.4 Å². The number of nitro benzene ring substituents is 2. The van der Waals surface area contributed by atoms with E-state index < -0.39 is 49.9 Å². The molecule has 1 aromatic rings. The summed E-state index contributed by atoms with van der Waals surface area (Å²) < 4.78 is 39.5. The Bertz CT molecular complexity index is 1480. The molecule has 46 heavy (non-hydrogen) atoms. The number of hydrogen-bond acceptors (Lipinski definition) is 12. The van der Waals surface area contributed by atoms with Gasteiger partial charge in [-0.1, -0.05) is 13.8 Å². The molecule has 0 amide bonds. The Hall–Kier alpha value is -2.75. The molecule has 5 saturated carbocycles. The van der Waals surface area contributed by atoms with Gasteiger partial charge in [0.25, 0.3) is 11.4 Å². The molecule has 0 radical (unpaired) electrons. The molecule has 2 heterocycles. The first-order valence-corrected chi connectivity index (χ1v) is 16.2. The van der Waals surface area contributed by atoms with Gasteiger partial charge in [0.1, 0.15) is 18.5 Å². The number of likely N-dealkylation sites (N-methyl/N-ethyl adjacent to an activating group) is 1. The van der Waals surface area contributed by atoms with E-state index in [1.165, 1.54) is 0 Å². The summed E-state index contributed by atoms with van der Waals surface area (Å²) in [6.07, 6.45) is 1.74. The van der Waals surface area contributed by atoms with E-state index >= 15 is 0 Å². The number of piperidine rings is 1. The predicted molar refractivity (Wildman–Crippen MR) is 158 cm³/mol. The molecule has 0 aromatic heterocycles. The molecule has 2 aliphatic heterocycles. The number of ether oxygens (including phenoxy) is 6. The monoisotopic (exact) mass is 643 g/mol. The predicted octanol–water partition coefficient (Wildman–Crippen LogP) is 3.35. The molecule has 3 spiro atoms. The minimum atomic E-state index is -1.14. The summed E-state index contributed by atoms with van der Waals surface area (Å²) in [7, 11) is 5.23. The molecule has 2 saturated heterocycles. The van der Waals surface area contributed by atoms with Crippen molar-refractivity contribution in [3.63, 3.8) is 0 Å². The van der Waals surface area contributed by atoms with Gasteiger partial charge in [0.05, 0.1) is 45.8 Å². The maximum atomic E-state index is 14.3. The van der Waals surface area contributed by atoms with Crippen molar-refractivity contribution in [2.75, 3.05) is 41.2 Å². The van der Waals surface area contributed by atoms with Crippen LogP contribution in [0.15, 0.2) is 18.2 Å². The number of methoxy groups -OCH3 is 3. The van der Waals surface area contributed by atoms with Crippen LogP contribution in [-0.4, -0.2) is 104 Å². The third-order valence-electron chi connectivity index (χ3n) is 13.6. The van der Waals surface area contributed by atoms with E-state index in [2.05, 4.69) is 18.7 Å². The highest BCUT2D eigenvalue weighted by molar-refractivity contribution is 5.91. The molecule has 7 bridgehead atoms. The standard InChI is InChI=1S/C32H41N3O11/c1-6-33-14-29(2)8-7-22(42-4)31-20-12-19-21(41-3)13-30(23(20)24(19)43-5)32(28(31)33,45-15-44-30)26(25(29)31)46-27(36)16-9-17(34(37)38)11-18(10-16)35(39)40/h9-11,19-26,28H,6-8,12-15H2,1-5H3/t19-,20-,21+,22+,23-,24+,25-,26+,28-,29+,30-,31+,32+/m1/s1. The lowest BCUT2D eigenvalue weighted by atomic mass is 9.43. The van der Waals surface area contributed by atoms with E-state index in [4.69, 9.17) is 28.4 Å². The highest BCUT2D eigenvalue weighted by Gasteiger charge is 2.94. The van der Waals surface area contributed by atoms with Gasteiger partial charge < -0.3 is 28.4 Å². The number of carbonyl (C=O) groups is 1. The van der Waals surface area contributed by atoms with Gasteiger partial charge in [0.2, 0.25) is 0 Å². The number of esters is 1. The minimum Gasteiger partial charge on any atom is -0.455 e. The number of fused-ring (bicyclic) bond motifs is 1. The van der Waals surface area contributed by atoms with Gasteiger partial charge in [-0.15, -0.1) is 0 Å². The van der Waals surface area contributed by atoms with Crippen LogP contribution >= 0.6 is 0 Å². The molecule has 13 atom stereocenters. The van der Waals surface area contributed by atoms with Crippen molar-refractivity contribution in [2.24, 2.45) is 34.5 Å². The minimum absolute atomic E-state index is 0.00229. The fourth-order valence-electron chi connectivity index (χ4n) is 12.7. The van der Waals surface area contributed by atoms with Gasteiger partial charge in [-0.05, 0) is 37.1 Å². The number of hydrogen-bond donors (Lipinski definition) is 0. The number of non-ortho nitro benzene ring substituents is 2. The summed E-state index contributed by atoms with van der Waals surface area (Å²) in [5, 5.41) is 23.4. The van der Waals surface area contributed by atoms with Gasteiger partial charge >= 0.3 is 5.97 Å². The average molecular weight is 644 g/mol. The molecule has 250 valence electrons. The molecule has 0 N–H and O–H groups in total. The Morgan fingerprint density at radius 3 is 2.39 bits per heavy atom. The quantitative estimate of drug-likeness (QED) is 0.231. The van der Waals surface area contributed by atoms with Crippen LogP contribution in [0.1, 0.15) is 49.9 Å². The van der Waals surface area contributed by atoms with E-state index in [1.807, 2.05) is 0 Å². The lowest BCUT2D eigenvalue weighted by molar-refractivity contribution is -0.394. The topological polar surface area (TPSA) is 162 Å². The zero-order valence-electron chi connectivity index (χ0n) is 26.7. The van der Waals surface area contributed by atoms with Crippen LogP contribution < -0.4 is 0 Å². The summed E-state index contributed by atoms with van der Waals surface area (Å²) in [6, 6.07) is 2.71. The second-order valence-corrected chi connectivity index (χ2v) is 14.7. The van der Waals surface area contributed by atoms with E-state index in [-0.39, 0.29) is 65.8 Å². The summed E-state index contributed by atoms with van der Waals surface area (Å²) >= 11 is 0. The summed E-state index contributed by atoms with van der Waals surface area (Å²) in [4.78, 5) is 38.7. The second-order valence-electron chi connectivity index (χ2n) is 14.7. The number of nitrogens with zero attached hydrogens (tertiary/aromatic N) is 3. The Kier molecular flexibility index (Phi) is 6.57. The zero-order valence-corrected chi connectivity index (χ0v) is 26.7. The van der Waals surface area contributed by atoms with Gasteiger partial charge in [0.15, 0.2) is 5.60 Å². The third kappa shape index (κ3) is 3.30. The van der Waals surface area contributed by atoms with Crippen molar-refractivity contribution in [2.45, 2.75) is 81.2 Å². The number of nitro groups is 2. The van der Waals surface area contributed by atoms with E-state index in [9.17, 15) is 25.0 Å². The molecular weight excluding hydrogens is 602 g/mol. The van der Waals surface area contributed by atoms with E-state index in [0.717, 1.165) is 50.6 Å². The van der Waals surface area contributed by atoms with Gasteiger partial charge in [0, 0.05) is 69.6 Å². The highest BCUT2D eigenvalue weighted by atomic mass is 16.7. The Morgan fingerprint density at radius 2 is 1.78 bits per heavy atom. The molecule has 5 aliphatic carbocycles. The van der Waals surface area contributed by atoms with Crippen LogP contribution in [0.3, 0.4) is 0 Å². The lowest BCUT2D eigenvalue weighted by Gasteiger charge is -2.69. The Balaban J connectivity index is 1.37. The maximum Gasteiger partial charge on any atom is 0.339 e. The van der Waals surface area contributed by atoms with Crippen molar-refractivity contribution < 1.29 is 43.1 Å². The van der Waals surface area contributed by atoms with E-state index in [0.29, 0.717) is 6.42 Å². The summed E-state index contributed by atoms with van der Waals surface area (Å²) in [6.45, 7) is 5.94. The zero-order chi connectivity index (χ0) is 32.6. The first-order chi connectivity index (χ1) is 22.0. The molecule has 1 aromatic carbocycles. The smallest absolute Gasteiger partial charge is 0.339 e. The SMILES string of the molecule is CCN1C[C@]2(C)CC[C@H](OC)[C@]34[C@@H]5C[C@H]6[C@H](OC)[C@@H]5[C@@]5(C[C@@H]6OC)OCO[C@]5([C@H]13)[C@@H](OC(=O)c1cc([N+](=O)[O-])cc([N+](=O)[O-])c1)[C@H]24.